The molecule has 5 nitrogen and oxygen atoms in total. The number of aliphatic hydroxyl groups excluding tert-OH is 1. The lowest BCUT2D eigenvalue weighted by Crippen LogP contribution is -2.47. The lowest BCUT2D eigenvalue weighted by atomic mass is 10.2. The van der Waals surface area contributed by atoms with Crippen LogP contribution in [-0.4, -0.2) is 45.7 Å². The van der Waals surface area contributed by atoms with E-state index in [0.29, 0.717) is 0 Å². The third kappa shape index (κ3) is 3.25. The second-order valence-corrected chi connectivity index (χ2v) is 6.64. The Morgan fingerprint density at radius 1 is 0.960 bits per heavy atom. The molecule has 1 atom stereocenters. The number of hydrogen-bond acceptors (Lipinski definition) is 4. The van der Waals surface area contributed by atoms with E-state index in [1.807, 2.05) is 18.2 Å². The second kappa shape index (κ2) is 6.86. The Morgan fingerprint density at radius 2 is 1.64 bits per heavy atom. The van der Waals surface area contributed by atoms with Crippen LogP contribution in [0.25, 0.3) is 11.0 Å². The van der Waals surface area contributed by atoms with Gasteiger partial charge in [0, 0.05) is 31.9 Å². The zero-order valence-corrected chi connectivity index (χ0v) is 14.5. The molecular weight excluding hydrogens is 312 g/mol. The molecule has 0 radical (unpaired) electrons. The molecule has 0 spiro atoms. The third-order valence-corrected chi connectivity index (χ3v) is 4.89. The van der Waals surface area contributed by atoms with Gasteiger partial charge in [0.25, 0.3) is 0 Å². The highest BCUT2D eigenvalue weighted by molar-refractivity contribution is 5.76. The quantitative estimate of drug-likeness (QED) is 0.796. The molecule has 1 aliphatic rings. The fourth-order valence-electron chi connectivity index (χ4n) is 3.55. The summed E-state index contributed by atoms with van der Waals surface area (Å²) in [6.07, 6.45) is -0.571. The highest BCUT2D eigenvalue weighted by Gasteiger charge is 2.20. The minimum Gasteiger partial charge on any atom is -0.385 e. The number of nitrogens with zero attached hydrogens (tertiary/aromatic N) is 4. The Morgan fingerprint density at radius 3 is 2.36 bits per heavy atom. The molecular formula is C20H24N4O. The van der Waals surface area contributed by atoms with Gasteiger partial charge in [-0.1, -0.05) is 30.3 Å². The van der Waals surface area contributed by atoms with E-state index in [1.165, 1.54) is 5.69 Å². The van der Waals surface area contributed by atoms with Crippen molar-refractivity contribution >= 4 is 16.7 Å². The standard InChI is InChI=1S/C20H24N4O/c1-16(25)20-21-18-9-5-6-10-19(18)24(20)15-22-11-13-23(14-12-22)17-7-3-2-4-8-17/h2-10,16,25H,11-15H2,1H3/t16-/m1/s1. The molecule has 1 fully saturated rings. The molecule has 25 heavy (non-hydrogen) atoms. The summed E-state index contributed by atoms with van der Waals surface area (Å²) in [6, 6.07) is 18.7. The number of hydrogen-bond donors (Lipinski definition) is 1. The zero-order chi connectivity index (χ0) is 17.2. The van der Waals surface area contributed by atoms with Crippen LogP contribution in [0.15, 0.2) is 54.6 Å². The molecule has 1 aliphatic heterocycles. The first kappa shape index (κ1) is 16.1. The van der Waals surface area contributed by atoms with E-state index in [0.717, 1.165) is 49.7 Å². The van der Waals surface area contributed by atoms with Gasteiger partial charge in [-0.3, -0.25) is 4.90 Å². The van der Waals surface area contributed by atoms with Crippen LogP contribution in [0.2, 0.25) is 0 Å². The molecule has 0 saturated carbocycles. The smallest absolute Gasteiger partial charge is 0.139 e. The van der Waals surface area contributed by atoms with Crippen LogP contribution in [0.4, 0.5) is 5.69 Å². The fourth-order valence-corrected chi connectivity index (χ4v) is 3.55. The zero-order valence-electron chi connectivity index (χ0n) is 14.5. The second-order valence-electron chi connectivity index (χ2n) is 6.64. The van der Waals surface area contributed by atoms with E-state index < -0.39 is 6.10 Å². The van der Waals surface area contributed by atoms with E-state index in [9.17, 15) is 5.11 Å². The first-order chi connectivity index (χ1) is 12.2. The molecule has 2 heterocycles. The molecule has 1 N–H and O–H groups in total. The minimum absolute atomic E-state index is 0.571. The van der Waals surface area contributed by atoms with Gasteiger partial charge < -0.3 is 14.6 Å². The van der Waals surface area contributed by atoms with Crippen molar-refractivity contribution < 1.29 is 5.11 Å². The van der Waals surface area contributed by atoms with Gasteiger partial charge in [0.1, 0.15) is 11.9 Å². The molecule has 130 valence electrons. The van der Waals surface area contributed by atoms with Crippen LogP contribution < -0.4 is 4.90 Å². The normalized spacial score (nSPS) is 17.1. The fraction of sp³-hybridized carbons (Fsp3) is 0.350. The van der Waals surface area contributed by atoms with Crippen LogP contribution in [-0.2, 0) is 6.67 Å². The molecule has 0 amide bonds. The molecule has 0 unspecified atom stereocenters. The van der Waals surface area contributed by atoms with Crippen molar-refractivity contribution in [3.8, 4) is 0 Å². The van der Waals surface area contributed by atoms with Gasteiger partial charge in [-0.2, -0.15) is 0 Å². The number of fused-ring (bicyclic) bond motifs is 1. The van der Waals surface area contributed by atoms with Gasteiger partial charge in [-0.15, -0.1) is 0 Å². The number of piperazine rings is 1. The maximum atomic E-state index is 10.1. The monoisotopic (exact) mass is 336 g/mol. The highest BCUT2D eigenvalue weighted by Crippen LogP contribution is 2.22. The van der Waals surface area contributed by atoms with Crippen molar-refractivity contribution in [3.05, 3.63) is 60.4 Å². The predicted molar refractivity (Wildman–Crippen MR) is 101 cm³/mol. The van der Waals surface area contributed by atoms with E-state index in [-0.39, 0.29) is 0 Å². The first-order valence-corrected chi connectivity index (χ1v) is 8.88. The summed E-state index contributed by atoms with van der Waals surface area (Å²) in [5.41, 5.74) is 3.32. The molecule has 1 aromatic heterocycles. The number of rotatable bonds is 4. The summed E-state index contributed by atoms with van der Waals surface area (Å²) >= 11 is 0. The lowest BCUT2D eigenvalue weighted by Gasteiger charge is -2.36. The summed E-state index contributed by atoms with van der Waals surface area (Å²) in [7, 11) is 0. The summed E-state index contributed by atoms with van der Waals surface area (Å²) in [4.78, 5) is 9.47. The molecule has 0 aliphatic carbocycles. The number of imidazole rings is 1. The van der Waals surface area contributed by atoms with Crippen LogP contribution in [0.3, 0.4) is 0 Å². The van der Waals surface area contributed by atoms with Crippen molar-refractivity contribution in [1.82, 2.24) is 14.5 Å². The third-order valence-electron chi connectivity index (χ3n) is 4.89. The Balaban J connectivity index is 1.50. The maximum absolute atomic E-state index is 10.1. The van der Waals surface area contributed by atoms with E-state index in [4.69, 9.17) is 0 Å². The lowest BCUT2D eigenvalue weighted by molar-refractivity contribution is 0.163. The average Bonchev–Trinajstić information content (AvgIpc) is 3.02. The molecule has 3 aromatic rings. The van der Waals surface area contributed by atoms with E-state index >= 15 is 0 Å². The van der Waals surface area contributed by atoms with Crippen molar-refractivity contribution in [2.24, 2.45) is 0 Å². The van der Waals surface area contributed by atoms with Gasteiger partial charge in [-0.25, -0.2) is 4.98 Å². The van der Waals surface area contributed by atoms with Crippen molar-refractivity contribution in [1.29, 1.82) is 0 Å². The van der Waals surface area contributed by atoms with Crippen molar-refractivity contribution in [2.45, 2.75) is 19.7 Å². The Hall–Kier alpha value is -2.37. The van der Waals surface area contributed by atoms with Crippen LogP contribution in [0, 0.1) is 0 Å². The molecule has 5 heteroatoms. The molecule has 0 bridgehead atoms. The van der Waals surface area contributed by atoms with Gasteiger partial charge >= 0.3 is 0 Å². The summed E-state index contributed by atoms with van der Waals surface area (Å²) in [5.74, 6) is 0.742. The molecule has 4 rings (SSSR count). The van der Waals surface area contributed by atoms with Gasteiger partial charge in [0.15, 0.2) is 0 Å². The molecule has 1 saturated heterocycles. The Kier molecular flexibility index (Phi) is 4.42. The van der Waals surface area contributed by atoms with E-state index in [2.05, 4.69) is 55.7 Å². The van der Waals surface area contributed by atoms with Crippen molar-refractivity contribution in [2.75, 3.05) is 31.1 Å². The maximum Gasteiger partial charge on any atom is 0.139 e. The summed E-state index contributed by atoms with van der Waals surface area (Å²) in [5, 5.41) is 10.1. The number of aliphatic hydroxyl groups is 1. The van der Waals surface area contributed by atoms with Gasteiger partial charge in [0.2, 0.25) is 0 Å². The summed E-state index contributed by atoms with van der Waals surface area (Å²) < 4.78 is 2.15. The van der Waals surface area contributed by atoms with Crippen LogP contribution >= 0.6 is 0 Å². The van der Waals surface area contributed by atoms with Crippen molar-refractivity contribution in [3.63, 3.8) is 0 Å². The largest absolute Gasteiger partial charge is 0.385 e. The number of anilines is 1. The SMILES string of the molecule is C[C@@H](O)c1nc2ccccc2n1CN1CCN(c2ccccc2)CC1. The van der Waals surface area contributed by atoms with E-state index in [1.54, 1.807) is 6.92 Å². The predicted octanol–water partition coefficient (Wildman–Crippen LogP) is 2.87. The van der Waals surface area contributed by atoms with Gasteiger partial charge in [-0.05, 0) is 31.2 Å². The number of para-hydroxylation sites is 3. The minimum atomic E-state index is -0.571. The topological polar surface area (TPSA) is 44.5 Å². The highest BCUT2D eigenvalue weighted by atomic mass is 16.3. The number of benzene rings is 2. The summed E-state index contributed by atoms with van der Waals surface area (Å²) in [6.45, 7) is 6.58. The number of aromatic nitrogens is 2. The Bertz CT molecular complexity index is 835. The Labute approximate surface area is 148 Å². The molecule has 2 aromatic carbocycles. The van der Waals surface area contributed by atoms with Crippen LogP contribution in [0.5, 0.6) is 0 Å². The average molecular weight is 336 g/mol. The first-order valence-electron chi connectivity index (χ1n) is 8.88. The van der Waals surface area contributed by atoms with Crippen LogP contribution in [0.1, 0.15) is 18.9 Å². The van der Waals surface area contributed by atoms with Gasteiger partial charge in [0.05, 0.1) is 17.7 Å².